The Kier molecular flexibility index (Phi) is 15.7. The van der Waals surface area contributed by atoms with Crippen LogP contribution in [0, 0.1) is 116 Å². The van der Waals surface area contributed by atoms with Crippen molar-refractivity contribution in [2.24, 2.45) is 34.0 Å². The van der Waals surface area contributed by atoms with E-state index >= 15 is 35.1 Å². The van der Waals surface area contributed by atoms with Gasteiger partial charge >= 0.3 is 22.7 Å². The van der Waals surface area contributed by atoms with E-state index in [4.69, 9.17) is 9.05 Å². The van der Waals surface area contributed by atoms with E-state index in [-0.39, 0.29) is 47.5 Å². The first-order chi connectivity index (χ1) is 37.6. The predicted octanol–water partition coefficient (Wildman–Crippen LogP) is 14.6. The molecule has 0 radical (unpaired) electrons. The van der Waals surface area contributed by atoms with Crippen LogP contribution in [0.5, 0.6) is 11.5 Å². The van der Waals surface area contributed by atoms with Gasteiger partial charge in [0.1, 0.15) is 11.5 Å². The van der Waals surface area contributed by atoms with Crippen molar-refractivity contribution in [3.05, 3.63) is 187 Å². The minimum Gasteiger partial charge on any atom is -0.413 e. The van der Waals surface area contributed by atoms with Gasteiger partial charge in [-0.25, -0.2) is 107 Å². The molecule has 422 valence electrons. The van der Waals surface area contributed by atoms with Crippen molar-refractivity contribution in [1.82, 2.24) is 19.1 Å². The van der Waals surface area contributed by atoms with Crippen LogP contribution in [0.15, 0.2) is 82.5 Å². The fourth-order valence-electron chi connectivity index (χ4n) is 7.02. The third-order valence-corrected chi connectivity index (χ3v) is 21.2. The van der Waals surface area contributed by atoms with E-state index < -0.39 is 161 Å². The van der Waals surface area contributed by atoms with Crippen LogP contribution in [0.3, 0.4) is 0 Å². The molecular weight excluding hydrogens is 1190 g/mol. The number of para-hydroxylation sites is 2. The summed E-state index contributed by atoms with van der Waals surface area (Å²) in [5.41, 5.74) is -7.08. The van der Waals surface area contributed by atoms with Crippen LogP contribution in [0.2, 0.25) is 0 Å². The molecule has 0 atom stereocenters. The largest absolute Gasteiger partial charge is 0.455 e. The molecule has 2 aliphatic heterocycles. The number of rotatable bonds is 12. The topological polar surface area (TPSA) is 118 Å². The van der Waals surface area contributed by atoms with Gasteiger partial charge in [0.05, 0.1) is 47.1 Å². The second-order valence-electron chi connectivity index (χ2n) is 15.9. The normalized spacial score (nSPS) is 15.1. The molecule has 0 saturated heterocycles. The average Bonchev–Trinajstić information content (AvgIpc) is 3.77. The summed E-state index contributed by atoms with van der Waals surface area (Å²) < 4.78 is 324. The van der Waals surface area contributed by atoms with Crippen molar-refractivity contribution >= 4 is 47.5 Å². The summed E-state index contributed by atoms with van der Waals surface area (Å²) in [6.07, 6.45) is -0.289. The monoisotopic (exact) mass is 1210 g/mol. The zero-order chi connectivity index (χ0) is 58.8. The van der Waals surface area contributed by atoms with E-state index in [1.54, 1.807) is 0 Å². The molecule has 0 saturated carbocycles. The molecular formula is C44H24F20N11O2P3. The summed E-state index contributed by atoms with van der Waals surface area (Å²) in [6, 6.07) is 10.9. The molecule has 1 spiro atoms. The molecule has 0 bridgehead atoms. The van der Waals surface area contributed by atoms with Crippen molar-refractivity contribution in [1.29, 1.82) is 0 Å². The maximum Gasteiger partial charge on any atom is 0.455 e. The Morgan fingerprint density at radius 1 is 0.312 bits per heavy atom. The van der Waals surface area contributed by atoms with Gasteiger partial charge in [-0.2, -0.15) is 24.9 Å². The first-order valence-corrected chi connectivity index (χ1v) is 26.0. The maximum absolute atomic E-state index is 15.3. The van der Waals surface area contributed by atoms with E-state index in [9.17, 15) is 52.7 Å². The van der Waals surface area contributed by atoms with Crippen molar-refractivity contribution in [3.8, 4) is 22.6 Å². The van der Waals surface area contributed by atoms with Gasteiger partial charge in [-0.05, 0) is 12.1 Å². The molecule has 2 heterocycles. The minimum absolute atomic E-state index is 0.0723. The lowest BCUT2D eigenvalue weighted by molar-refractivity contribution is 0.377. The van der Waals surface area contributed by atoms with Crippen LogP contribution in [-0.4, -0.2) is 72.2 Å². The number of benzene rings is 6. The third kappa shape index (κ3) is 9.66. The number of hydrazone groups is 4. The number of hydrogen-bond acceptors (Lipinski definition) is 13. The smallest absolute Gasteiger partial charge is 0.413 e. The summed E-state index contributed by atoms with van der Waals surface area (Å²) in [5, 5.41) is 15.1. The van der Waals surface area contributed by atoms with Crippen molar-refractivity contribution in [3.63, 3.8) is 0 Å². The Balaban J connectivity index is 1.55. The molecule has 0 N–H and O–H groups in total. The minimum atomic E-state index is -5.46. The van der Waals surface area contributed by atoms with Crippen molar-refractivity contribution in [2.45, 2.75) is 0 Å². The van der Waals surface area contributed by atoms with Gasteiger partial charge in [-0.1, -0.05) is 36.4 Å². The summed E-state index contributed by atoms with van der Waals surface area (Å²) in [6.45, 7) is 0. The first kappa shape index (κ1) is 58.2. The van der Waals surface area contributed by atoms with Crippen LogP contribution in [0.1, 0.15) is 22.3 Å². The Bertz CT molecular complexity index is 3400. The van der Waals surface area contributed by atoms with Gasteiger partial charge in [-0.3, -0.25) is 0 Å². The predicted molar refractivity (Wildman–Crippen MR) is 248 cm³/mol. The van der Waals surface area contributed by atoms with E-state index in [2.05, 4.69) is 34.0 Å². The molecule has 36 heteroatoms. The molecule has 8 rings (SSSR count). The zero-order valence-corrected chi connectivity index (χ0v) is 42.2. The highest BCUT2D eigenvalue weighted by molar-refractivity contribution is 7.81. The molecule has 80 heavy (non-hydrogen) atoms. The highest BCUT2D eigenvalue weighted by Crippen LogP contribution is 2.82. The van der Waals surface area contributed by atoms with Crippen LogP contribution >= 0.6 is 22.7 Å². The second kappa shape index (κ2) is 21.6. The van der Waals surface area contributed by atoms with Crippen LogP contribution in [0.25, 0.3) is 11.1 Å². The zero-order valence-electron chi connectivity index (χ0n) is 39.6. The third-order valence-electron chi connectivity index (χ3n) is 11.1. The summed E-state index contributed by atoms with van der Waals surface area (Å²) in [7, 11) is -13.5. The van der Waals surface area contributed by atoms with E-state index in [0.29, 0.717) is 47.3 Å². The molecule has 6 aromatic carbocycles. The van der Waals surface area contributed by atoms with Gasteiger partial charge in [0.25, 0.3) is 0 Å². The van der Waals surface area contributed by atoms with Crippen LogP contribution < -0.4 is 9.05 Å². The summed E-state index contributed by atoms with van der Waals surface area (Å²) in [4.78, 5) is 0. The number of halogens is 20. The average molecular weight is 1210 g/mol. The highest BCUT2D eigenvalue weighted by Gasteiger charge is 2.51. The lowest BCUT2D eigenvalue weighted by Gasteiger charge is -2.42. The van der Waals surface area contributed by atoms with Crippen LogP contribution in [0.4, 0.5) is 87.8 Å². The molecule has 0 aliphatic carbocycles. The number of fused-ring (bicyclic) bond motifs is 3. The lowest BCUT2D eigenvalue weighted by Crippen LogP contribution is -2.26. The fraction of sp³-hybridized carbons (Fsp3) is 0.0909. The Hall–Kier alpha value is -7.91. The molecule has 0 amide bonds. The Labute approximate surface area is 434 Å². The van der Waals surface area contributed by atoms with Crippen LogP contribution in [-0.2, 0) is 0 Å². The van der Waals surface area contributed by atoms with Crippen molar-refractivity contribution in [2.75, 3.05) is 28.2 Å². The standard InChI is InChI=1S/C44H24F20N11O2P3/c1-72(65-13-19-25(45)33(53)41(61)34(54)26(19)46)78(73(2)66-14-20-27(47)35(55)42(62)36(56)28(20)48)69-79(74(3)67-15-21-29(49)37(57)43(63)38(58)30(21)50,75(4)68-16-22-31(51)39(59)44(64)40(60)32(22)52)71-80(70-78)76-23-11-7-5-9-17(23)18-10-6-8-12-24(18)77-80/h5-16H,1-4H3/b65-13-,66-14-,67-15+,68-16+. The highest BCUT2D eigenvalue weighted by atomic mass is 31.3. The van der Waals surface area contributed by atoms with E-state index in [1.807, 2.05) is 0 Å². The molecule has 0 unspecified atom stereocenters. The van der Waals surface area contributed by atoms with Gasteiger partial charge in [0.15, 0.2) is 93.1 Å². The Morgan fingerprint density at radius 3 is 0.775 bits per heavy atom. The van der Waals surface area contributed by atoms with E-state index in [0.717, 1.165) is 0 Å². The van der Waals surface area contributed by atoms with Gasteiger partial charge < -0.3 is 9.05 Å². The fourth-order valence-corrected chi connectivity index (χ4v) is 18.8. The van der Waals surface area contributed by atoms with Crippen molar-refractivity contribution < 1.29 is 96.9 Å². The SMILES string of the molecule is CN(/N=C\c1c(F)c(F)c(F)c(F)c1F)P1(N(C)/N=C\c2c(F)c(F)c(F)c(F)c2F)=NP(N(C)/N=C/c2c(F)c(F)c(F)c(F)c2F)(N(C)/N=C/c2c(F)c(F)c(F)c(F)c2F)=NP2(=N1)Oc1ccccc1-c1ccccc1O2. The Morgan fingerprint density at radius 2 is 0.525 bits per heavy atom. The number of nitrogens with zero attached hydrogens (tertiary/aromatic N) is 11. The second-order valence-corrected chi connectivity index (χ2v) is 23.8. The summed E-state index contributed by atoms with van der Waals surface area (Å²) >= 11 is 0. The molecule has 0 aromatic heterocycles. The molecule has 6 aromatic rings. The molecule has 0 fully saturated rings. The first-order valence-electron chi connectivity index (χ1n) is 21.2. The summed E-state index contributed by atoms with van der Waals surface area (Å²) in [5.74, 6) is -51.9. The van der Waals surface area contributed by atoms with Gasteiger partial charge in [0.2, 0.25) is 23.3 Å². The van der Waals surface area contributed by atoms with E-state index in [1.165, 1.54) is 48.5 Å². The molecule has 13 nitrogen and oxygen atoms in total. The molecule has 2 aliphatic rings. The number of hydrogen-bond donors (Lipinski definition) is 0. The quantitative estimate of drug-likeness (QED) is 0.0301. The van der Waals surface area contributed by atoms with Gasteiger partial charge in [-0.15, -0.1) is 9.03 Å². The van der Waals surface area contributed by atoms with Gasteiger partial charge in [0, 0.05) is 39.3 Å². The maximum atomic E-state index is 15.3. The lowest BCUT2D eigenvalue weighted by atomic mass is 10.0.